The minimum atomic E-state index is 0.665. The van der Waals surface area contributed by atoms with Crippen molar-refractivity contribution in [1.82, 2.24) is 15.3 Å². The molecule has 0 saturated carbocycles. The molecule has 1 aromatic heterocycles. The Hall–Kier alpha value is -1.16. The summed E-state index contributed by atoms with van der Waals surface area (Å²) >= 11 is 0. The molecule has 2 saturated heterocycles. The summed E-state index contributed by atoms with van der Waals surface area (Å²) in [7, 11) is 0. The van der Waals surface area contributed by atoms with Crippen molar-refractivity contribution >= 4 is 5.82 Å². The highest BCUT2D eigenvalue weighted by Crippen LogP contribution is 2.30. The molecule has 2 aliphatic heterocycles. The van der Waals surface area contributed by atoms with E-state index in [4.69, 9.17) is 0 Å². The lowest BCUT2D eigenvalue weighted by atomic mass is 9.98. The van der Waals surface area contributed by atoms with E-state index in [0.717, 1.165) is 30.4 Å². The summed E-state index contributed by atoms with van der Waals surface area (Å²) in [5.74, 6) is 1.98. The Morgan fingerprint density at radius 3 is 3.00 bits per heavy atom. The van der Waals surface area contributed by atoms with Crippen LogP contribution in [0.3, 0.4) is 0 Å². The molecule has 3 heterocycles. The number of fused-ring (bicyclic) bond motifs is 1. The number of hydrogen-bond acceptors (Lipinski definition) is 4. The molecule has 0 aliphatic carbocycles. The monoisotopic (exact) mass is 204 g/mol. The molecule has 1 N–H and O–H groups in total. The molecule has 2 atom stereocenters. The van der Waals surface area contributed by atoms with E-state index in [0.29, 0.717) is 12.1 Å². The predicted octanol–water partition coefficient (Wildman–Crippen LogP) is 0.644. The third-order valence-corrected chi connectivity index (χ3v) is 3.35. The van der Waals surface area contributed by atoms with Crippen LogP contribution in [-0.4, -0.2) is 35.1 Å². The van der Waals surface area contributed by atoms with Crippen LogP contribution in [0, 0.1) is 13.8 Å². The second-order valence-corrected chi connectivity index (χ2v) is 4.48. The van der Waals surface area contributed by atoms with Gasteiger partial charge in [-0.3, -0.25) is 0 Å². The molecule has 4 heteroatoms. The van der Waals surface area contributed by atoms with Crippen molar-refractivity contribution in [2.24, 2.45) is 0 Å². The Bertz CT molecular complexity index is 370. The molecule has 0 spiro atoms. The van der Waals surface area contributed by atoms with Gasteiger partial charge in [0, 0.05) is 30.4 Å². The fraction of sp³-hybridized carbons (Fsp3) is 0.636. The molecule has 0 amide bonds. The lowest BCUT2D eigenvalue weighted by Gasteiger charge is -2.45. The molecule has 2 fully saturated rings. The van der Waals surface area contributed by atoms with E-state index in [2.05, 4.69) is 26.3 Å². The minimum Gasteiger partial charge on any atom is -0.350 e. The minimum absolute atomic E-state index is 0.665. The van der Waals surface area contributed by atoms with Crippen LogP contribution in [0.2, 0.25) is 0 Å². The number of nitrogens with zero attached hydrogens (tertiary/aromatic N) is 3. The Morgan fingerprint density at radius 1 is 1.40 bits per heavy atom. The molecule has 4 nitrogen and oxygen atoms in total. The largest absolute Gasteiger partial charge is 0.350 e. The zero-order valence-corrected chi connectivity index (χ0v) is 9.20. The van der Waals surface area contributed by atoms with E-state index in [9.17, 15) is 0 Å². The number of aromatic nitrogens is 2. The van der Waals surface area contributed by atoms with Gasteiger partial charge in [-0.15, -0.1) is 0 Å². The number of anilines is 1. The maximum absolute atomic E-state index is 4.50. The second-order valence-electron chi connectivity index (χ2n) is 4.48. The molecule has 80 valence electrons. The van der Waals surface area contributed by atoms with Crippen LogP contribution in [0.4, 0.5) is 5.82 Å². The van der Waals surface area contributed by atoms with Crippen molar-refractivity contribution in [2.75, 3.05) is 18.0 Å². The van der Waals surface area contributed by atoms with E-state index in [1.807, 2.05) is 13.8 Å². The van der Waals surface area contributed by atoms with Crippen molar-refractivity contribution in [1.29, 1.82) is 0 Å². The normalized spacial score (nSPS) is 28.8. The number of hydrogen-bond donors (Lipinski definition) is 1. The van der Waals surface area contributed by atoms with Crippen molar-refractivity contribution in [3.8, 4) is 0 Å². The van der Waals surface area contributed by atoms with Gasteiger partial charge in [0.25, 0.3) is 0 Å². The van der Waals surface area contributed by atoms with Gasteiger partial charge in [0.15, 0.2) is 0 Å². The van der Waals surface area contributed by atoms with Gasteiger partial charge in [-0.1, -0.05) is 0 Å². The fourth-order valence-electron chi connectivity index (χ4n) is 2.63. The fourth-order valence-corrected chi connectivity index (χ4v) is 2.63. The maximum atomic E-state index is 4.50. The van der Waals surface area contributed by atoms with Crippen LogP contribution in [0.5, 0.6) is 0 Å². The highest BCUT2D eigenvalue weighted by Gasteiger charge is 2.42. The Balaban J connectivity index is 1.87. The first-order valence-electron chi connectivity index (χ1n) is 5.56. The van der Waals surface area contributed by atoms with Gasteiger partial charge < -0.3 is 10.2 Å². The molecule has 3 rings (SSSR count). The Kier molecular flexibility index (Phi) is 1.92. The number of aryl methyl sites for hydroxylation is 2. The van der Waals surface area contributed by atoms with Gasteiger partial charge in [-0.25, -0.2) is 9.97 Å². The molecule has 15 heavy (non-hydrogen) atoms. The summed E-state index contributed by atoms with van der Waals surface area (Å²) in [5.41, 5.74) is 1.06. The second kappa shape index (κ2) is 3.17. The summed E-state index contributed by atoms with van der Waals surface area (Å²) in [6, 6.07) is 3.45. The summed E-state index contributed by atoms with van der Waals surface area (Å²) in [6.07, 6.45) is 1.24. The van der Waals surface area contributed by atoms with Crippen LogP contribution in [0.25, 0.3) is 0 Å². The third-order valence-electron chi connectivity index (χ3n) is 3.35. The molecule has 1 aromatic rings. The maximum Gasteiger partial charge on any atom is 0.132 e. The van der Waals surface area contributed by atoms with E-state index in [-0.39, 0.29) is 0 Å². The van der Waals surface area contributed by atoms with E-state index in [1.54, 1.807) is 0 Å². The highest BCUT2D eigenvalue weighted by atomic mass is 15.3. The topological polar surface area (TPSA) is 41.0 Å². The summed E-state index contributed by atoms with van der Waals surface area (Å²) in [6.45, 7) is 6.23. The average Bonchev–Trinajstić information content (AvgIpc) is 2.46. The van der Waals surface area contributed by atoms with Crippen LogP contribution >= 0.6 is 0 Å². The van der Waals surface area contributed by atoms with E-state index >= 15 is 0 Å². The third kappa shape index (κ3) is 1.40. The number of nitrogens with one attached hydrogen (secondary N) is 1. The van der Waals surface area contributed by atoms with Gasteiger partial charge in [0.1, 0.15) is 11.6 Å². The van der Waals surface area contributed by atoms with Crippen molar-refractivity contribution in [3.05, 3.63) is 17.6 Å². The zero-order valence-electron chi connectivity index (χ0n) is 9.20. The number of rotatable bonds is 1. The zero-order chi connectivity index (χ0) is 10.4. The smallest absolute Gasteiger partial charge is 0.132 e. The molecule has 0 aromatic carbocycles. The summed E-state index contributed by atoms with van der Waals surface area (Å²) in [5, 5.41) is 3.50. The van der Waals surface area contributed by atoms with E-state index in [1.165, 1.54) is 6.42 Å². The van der Waals surface area contributed by atoms with Crippen molar-refractivity contribution < 1.29 is 0 Å². The Morgan fingerprint density at radius 2 is 2.27 bits per heavy atom. The first kappa shape index (κ1) is 9.09. The standard InChI is InChI=1S/C11H16N4/c1-7-5-11(14-8(2)13-7)15-6-9-10(15)3-4-12-9/h5,9-10,12H,3-4,6H2,1-2H3. The van der Waals surface area contributed by atoms with Crippen LogP contribution in [0.1, 0.15) is 17.9 Å². The van der Waals surface area contributed by atoms with Gasteiger partial charge in [-0.2, -0.15) is 0 Å². The molecule has 0 bridgehead atoms. The average molecular weight is 204 g/mol. The molecule has 2 aliphatic rings. The molecule has 0 radical (unpaired) electrons. The van der Waals surface area contributed by atoms with Gasteiger partial charge >= 0.3 is 0 Å². The lowest BCUT2D eigenvalue weighted by Crippen LogP contribution is -2.61. The molecular weight excluding hydrogens is 188 g/mol. The van der Waals surface area contributed by atoms with Crippen LogP contribution in [0.15, 0.2) is 6.07 Å². The first-order chi connectivity index (χ1) is 7.24. The Labute approximate surface area is 89.7 Å². The highest BCUT2D eigenvalue weighted by molar-refractivity contribution is 5.46. The van der Waals surface area contributed by atoms with Crippen LogP contribution in [-0.2, 0) is 0 Å². The van der Waals surface area contributed by atoms with E-state index < -0.39 is 0 Å². The van der Waals surface area contributed by atoms with Crippen molar-refractivity contribution in [2.45, 2.75) is 32.4 Å². The molecular formula is C11H16N4. The van der Waals surface area contributed by atoms with Gasteiger partial charge in [-0.05, 0) is 26.8 Å². The predicted molar refractivity (Wildman–Crippen MR) is 59.0 cm³/mol. The summed E-state index contributed by atoms with van der Waals surface area (Å²) in [4.78, 5) is 11.2. The van der Waals surface area contributed by atoms with Crippen molar-refractivity contribution in [3.63, 3.8) is 0 Å². The molecule has 2 unspecified atom stereocenters. The first-order valence-corrected chi connectivity index (χ1v) is 5.56. The van der Waals surface area contributed by atoms with Gasteiger partial charge in [0.2, 0.25) is 0 Å². The summed E-state index contributed by atoms with van der Waals surface area (Å²) < 4.78 is 0. The van der Waals surface area contributed by atoms with Gasteiger partial charge in [0.05, 0.1) is 0 Å². The van der Waals surface area contributed by atoms with Crippen LogP contribution < -0.4 is 10.2 Å². The SMILES string of the molecule is Cc1cc(N2CC3NCCC32)nc(C)n1. The quantitative estimate of drug-likeness (QED) is 0.729. The lowest BCUT2D eigenvalue weighted by molar-refractivity contribution is 0.392.